The second-order valence-corrected chi connectivity index (χ2v) is 5.12. The van der Waals surface area contributed by atoms with Gasteiger partial charge >= 0.3 is 0 Å². The lowest BCUT2D eigenvalue weighted by Gasteiger charge is -2.30. The summed E-state index contributed by atoms with van der Waals surface area (Å²) in [5, 5.41) is 13.0. The third-order valence-corrected chi connectivity index (χ3v) is 4.36. The van der Waals surface area contributed by atoms with E-state index in [1.807, 2.05) is 6.20 Å². The molecule has 1 aromatic heterocycles. The summed E-state index contributed by atoms with van der Waals surface area (Å²) < 4.78 is 0. The van der Waals surface area contributed by atoms with E-state index in [0.717, 1.165) is 24.2 Å². The summed E-state index contributed by atoms with van der Waals surface area (Å²) in [4.78, 5) is 7.31. The van der Waals surface area contributed by atoms with Crippen LogP contribution in [0, 0.1) is 17.8 Å². The number of aromatic amines is 1. The van der Waals surface area contributed by atoms with Crippen molar-refractivity contribution in [3.05, 3.63) is 18.2 Å². The van der Waals surface area contributed by atoms with E-state index in [2.05, 4.69) is 15.3 Å². The molecule has 2 aliphatic rings. The first-order chi connectivity index (χ1) is 7.88. The number of H-pyrrole nitrogens is 1. The highest BCUT2D eigenvalue weighted by Crippen LogP contribution is 2.48. The Balaban J connectivity index is 1.61. The SMILES string of the molecule is OC[C@H]1[C@@H]2CC[C@@H](C2)[C@H]1NCc1ncc[nH]1. The molecule has 3 rings (SSSR count). The smallest absolute Gasteiger partial charge is 0.120 e. The molecule has 88 valence electrons. The van der Waals surface area contributed by atoms with Crippen LogP contribution in [0.25, 0.3) is 0 Å². The molecule has 0 unspecified atom stereocenters. The molecule has 0 amide bonds. The molecule has 0 radical (unpaired) electrons. The third-order valence-electron chi connectivity index (χ3n) is 4.36. The van der Waals surface area contributed by atoms with Gasteiger partial charge in [-0.15, -0.1) is 0 Å². The summed E-state index contributed by atoms with van der Waals surface area (Å²) in [6.45, 7) is 1.12. The van der Waals surface area contributed by atoms with Gasteiger partial charge in [-0.25, -0.2) is 4.98 Å². The predicted molar refractivity (Wildman–Crippen MR) is 60.6 cm³/mol. The molecule has 0 spiro atoms. The minimum absolute atomic E-state index is 0.330. The molecule has 2 saturated carbocycles. The van der Waals surface area contributed by atoms with Gasteiger partial charge in [0.25, 0.3) is 0 Å². The molecule has 2 fully saturated rings. The average molecular weight is 221 g/mol. The maximum Gasteiger partial charge on any atom is 0.120 e. The molecule has 1 heterocycles. The first-order valence-electron chi connectivity index (χ1n) is 6.21. The van der Waals surface area contributed by atoms with Crippen molar-refractivity contribution < 1.29 is 5.11 Å². The molecule has 16 heavy (non-hydrogen) atoms. The highest BCUT2D eigenvalue weighted by molar-refractivity contribution is 5.01. The number of hydrogen-bond acceptors (Lipinski definition) is 3. The van der Waals surface area contributed by atoms with Crippen LogP contribution in [0.1, 0.15) is 25.1 Å². The van der Waals surface area contributed by atoms with Gasteiger partial charge in [-0.2, -0.15) is 0 Å². The van der Waals surface area contributed by atoms with Crippen molar-refractivity contribution in [3.63, 3.8) is 0 Å². The second-order valence-electron chi connectivity index (χ2n) is 5.12. The van der Waals surface area contributed by atoms with Gasteiger partial charge in [-0.1, -0.05) is 0 Å². The van der Waals surface area contributed by atoms with Crippen molar-refractivity contribution in [2.75, 3.05) is 6.61 Å². The van der Waals surface area contributed by atoms with Crippen molar-refractivity contribution in [1.82, 2.24) is 15.3 Å². The summed E-state index contributed by atoms with van der Waals surface area (Å²) in [6.07, 6.45) is 7.58. The molecule has 0 saturated heterocycles. The number of hydrogen-bond donors (Lipinski definition) is 3. The van der Waals surface area contributed by atoms with Crippen LogP contribution >= 0.6 is 0 Å². The first kappa shape index (κ1) is 10.3. The van der Waals surface area contributed by atoms with Crippen LogP contribution in [0.2, 0.25) is 0 Å². The van der Waals surface area contributed by atoms with Gasteiger partial charge in [-0.3, -0.25) is 0 Å². The predicted octanol–water partition coefficient (Wildman–Crippen LogP) is 0.906. The highest BCUT2D eigenvalue weighted by Gasteiger charge is 2.46. The Morgan fingerprint density at radius 3 is 3.06 bits per heavy atom. The van der Waals surface area contributed by atoms with Crippen LogP contribution in [0.15, 0.2) is 12.4 Å². The van der Waals surface area contributed by atoms with E-state index < -0.39 is 0 Å². The van der Waals surface area contributed by atoms with Gasteiger partial charge in [0.1, 0.15) is 5.82 Å². The van der Waals surface area contributed by atoms with Crippen LogP contribution in [-0.4, -0.2) is 27.7 Å². The Labute approximate surface area is 95.5 Å². The van der Waals surface area contributed by atoms with Crippen molar-refractivity contribution >= 4 is 0 Å². The number of aromatic nitrogens is 2. The fraction of sp³-hybridized carbons (Fsp3) is 0.750. The number of nitrogens with one attached hydrogen (secondary N) is 2. The molecular weight excluding hydrogens is 202 g/mol. The van der Waals surface area contributed by atoms with Crippen molar-refractivity contribution in [2.45, 2.75) is 31.8 Å². The molecule has 1 aromatic rings. The van der Waals surface area contributed by atoms with E-state index in [0.29, 0.717) is 18.6 Å². The van der Waals surface area contributed by atoms with Crippen LogP contribution in [0.5, 0.6) is 0 Å². The van der Waals surface area contributed by atoms with Crippen LogP contribution < -0.4 is 5.32 Å². The number of aliphatic hydroxyl groups is 1. The maximum atomic E-state index is 9.45. The fourth-order valence-corrected chi connectivity index (χ4v) is 3.60. The normalized spacial score (nSPS) is 37.1. The van der Waals surface area contributed by atoms with E-state index in [9.17, 15) is 5.11 Å². The van der Waals surface area contributed by atoms with Crippen LogP contribution in [0.3, 0.4) is 0 Å². The monoisotopic (exact) mass is 221 g/mol. The van der Waals surface area contributed by atoms with Crippen molar-refractivity contribution in [2.24, 2.45) is 17.8 Å². The van der Waals surface area contributed by atoms with Crippen molar-refractivity contribution in [1.29, 1.82) is 0 Å². The lowest BCUT2D eigenvalue weighted by molar-refractivity contribution is 0.142. The Kier molecular flexibility index (Phi) is 2.69. The van der Waals surface area contributed by atoms with Gasteiger partial charge in [0.2, 0.25) is 0 Å². The Morgan fingerprint density at radius 1 is 1.44 bits per heavy atom. The van der Waals surface area contributed by atoms with Crippen LogP contribution in [-0.2, 0) is 6.54 Å². The molecule has 0 aromatic carbocycles. The quantitative estimate of drug-likeness (QED) is 0.708. The second kappa shape index (κ2) is 4.18. The van der Waals surface area contributed by atoms with E-state index in [-0.39, 0.29) is 0 Å². The number of aliphatic hydroxyl groups excluding tert-OH is 1. The van der Waals surface area contributed by atoms with Gasteiger partial charge in [-0.05, 0) is 31.1 Å². The van der Waals surface area contributed by atoms with Gasteiger partial charge in [0.05, 0.1) is 6.54 Å². The number of rotatable bonds is 4. The first-order valence-corrected chi connectivity index (χ1v) is 6.21. The molecule has 4 heteroatoms. The lowest BCUT2D eigenvalue weighted by Crippen LogP contribution is -2.42. The summed E-state index contributed by atoms with van der Waals surface area (Å²) in [5.74, 6) is 2.98. The molecule has 0 aliphatic heterocycles. The van der Waals surface area contributed by atoms with Gasteiger partial charge < -0.3 is 15.4 Å². The zero-order valence-electron chi connectivity index (χ0n) is 9.39. The zero-order valence-corrected chi connectivity index (χ0v) is 9.39. The van der Waals surface area contributed by atoms with Crippen molar-refractivity contribution in [3.8, 4) is 0 Å². The minimum Gasteiger partial charge on any atom is -0.396 e. The lowest BCUT2D eigenvalue weighted by atomic mass is 9.85. The molecular formula is C12H19N3O. The number of nitrogens with zero attached hydrogens (tertiary/aromatic N) is 1. The maximum absolute atomic E-state index is 9.45. The summed E-state index contributed by atoms with van der Waals surface area (Å²) in [6, 6.07) is 0.494. The summed E-state index contributed by atoms with van der Waals surface area (Å²) >= 11 is 0. The Morgan fingerprint density at radius 2 is 2.31 bits per heavy atom. The third kappa shape index (κ3) is 1.66. The fourth-order valence-electron chi connectivity index (χ4n) is 3.60. The molecule has 3 N–H and O–H groups in total. The van der Waals surface area contributed by atoms with Gasteiger partial charge in [0, 0.05) is 31.0 Å². The zero-order chi connectivity index (χ0) is 11.0. The largest absolute Gasteiger partial charge is 0.396 e. The molecule has 4 nitrogen and oxygen atoms in total. The van der Waals surface area contributed by atoms with Crippen LogP contribution in [0.4, 0.5) is 0 Å². The topological polar surface area (TPSA) is 60.9 Å². The van der Waals surface area contributed by atoms with Gasteiger partial charge in [0.15, 0.2) is 0 Å². The average Bonchev–Trinajstić information content (AvgIpc) is 3.01. The van der Waals surface area contributed by atoms with E-state index >= 15 is 0 Å². The van der Waals surface area contributed by atoms with E-state index in [1.54, 1.807) is 6.20 Å². The standard InChI is InChI=1S/C12H19N3O/c16-7-10-8-1-2-9(5-8)12(10)15-6-11-13-3-4-14-11/h3-4,8-10,12,15-16H,1-2,5-7H2,(H,13,14)/t8-,9+,10+,12-/m1/s1. The minimum atomic E-state index is 0.330. The summed E-state index contributed by atoms with van der Waals surface area (Å²) in [7, 11) is 0. The van der Waals surface area contributed by atoms with E-state index in [4.69, 9.17) is 0 Å². The Hall–Kier alpha value is -0.870. The Bertz CT molecular complexity index is 338. The molecule has 2 bridgehead atoms. The molecule has 4 atom stereocenters. The number of imidazole rings is 1. The van der Waals surface area contributed by atoms with E-state index in [1.165, 1.54) is 19.3 Å². The highest BCUT2D eigenvalue weighted by atomic mass is 16.3. The molecule has 2 aliphatic carbocycles. The number of fused-ring (bicyclic) bond motifs is 2. The summed E-state index contributed by atoms with van der Waals surface area (Å²) in [5.41, 5.74) is 0.